The van der Waals surface area contributed by atoms with Gasteiger partial charge in [-0.15, -0.1) is 11.3 Å². The number of phenols is 1. The van der Waals surface area contributed by atoms with E-state index in [9.17, 15) is 5.11 Å². The summed E-state index contributed by atoms with van der Waals surface area (Å²) in [4.78, 5) is 9.09. The van der Waals surface area contributed by atoms with E-state index in [-0.39, 0.29) is 11.2 Å². The molecule has 0 saturated heterocycles. The lowest BCUT2D eigenvalue weighted by molar-refractivity contribution is 0.222. The van der Waals surface area contributed by atoms with E-state index in [2.05, 4.69) is 52.6 Å². The molecule has 0 amide bonds. The zero-order valence-corrected chi connectivity index (χ0v) is 14.9. The predicted octanol–water partition coefficient (Wildman–Crippen LogP) is 5.43. The molecule has 0 unspecified atom stereocenters. The molecular weight excluding hydrogens is 328 g/mol. The number of benzene rings is 2. The molecular formula is C21H20N2OS. The van der Waals surface area contributed by atoms with Gasteiger partial charge < -0.3 is 5.11 Å². The van der Waals surface area contributed by atoms with Crippen LogP contribution in [0.3, 0.4) is 0 Å². The highest BCUT2D eigenvalue weighted by molar-refractivity contribution is 7.13. The van der Waals surface area contributed by atoms with Crippen LogP contribution < -0.4 is 0 Å². The van der Waals surface area contributed by atoms with Crippen LogP contribution in [0.5, 0.6) is 5.75 Å². The fraction of sp³-hybridized carbons (Fsp3) is 0.238. The smallest absolute Gasteiger partial charge is 0.209 e. The van der Waals surface area contributed by atoms with Gasteiger partial charge in [0.1, 0.15) is 5.75 Å². The molecule has 25 heavy (non-hydrogen) atoms. The van der Waals surface area contributed by atoms with Crippen LogP contribution in [0.1, 0.15) is 42.5 Å². The maximum atomic E-state index is 9.79. The first kappa shape index (κ1) is 16.0. The van der Waals surface area contributed by atoms with Gasteiger partial charge >= 0.3 is 0 Å². The molecule has 1 aliphatic rings. The Labute approximate surface area is 151 Å². The van der Waals surface area contributed by atoms with Crippen molar-refractivity contribution in [1.29, 1.82) is 0 Å². The van der Waals surface area contributed by atoms with Gasteiger partial charge in [-0.3, -0.25) is 0 Å². The molecule has 0 spiro atoms. The number of rotatable bonds is 4. The largest absolute Gasteiger partial charge is 0.507 e. The summed E-state index contributed by atoms with van der Waals surface area (Å²) in [6, 6.07) is 17.9. The highest BCUT2D eigenvalue weighted by atomic mass is 32.1. The van der Waals surface area contributed by atoms with E-state index in [1.54, 1.807) is 29.7 Å². The lowest BCUT2D eigenvalue weighted by Crippen LogP contribution is -2.37. The number of aromatic hydroxyl groups is 1. The molecule has 1 aromatic heterocycles. The van der Waals surface area contributed by atoms with Gasteiger partial charge in [0.2, 0.25) is 5.13 Å². The van der Waals surface area contributed by atoms with Gasteiger partial charge in [0, 0.05) is 23.1 Å². The molecule has 0 aliphatic heterocycles. The Kier molecular flexibility index (Phi) is 4.14. The van der Waals surface area contributed by atoms with E-state index in [0.29, 0.717) is 11.5 Å². The Morgan fingerprint density at radius 3 is 2.60 bits per heavy atom. The maximum absolute atomic E-state index is 9.79. The van der Waals surface area contributed by atoms with Gasteiger partial charge in [-0.05, 0) is 36.0 Å². The van der Waals surface area contributed by atoms with Crippen LogP contribution in [-0.2, 0) is 5.41 Å². The molecule has 1 aliphatic carbocycles. The first-order valence-corrected chi connectivity index (χ1v) is 9.35. The van der Waals surface area contributed by atoms with Crippen LogP contribution in [0.25, 0.3) is 0 Å². The van der Waals surface area contributed by atoms with Crippen molar-refractivity contribution < 1.29 is 5.11 Å². The molecule has 3 nitrogen and oxygen atoms in total. The van der Waals surface area contributed by atoms with Crippen molar-refractivity contribution in [2.75, 3.05) is 0 Å². The Morgan fingerprint density at radius 2 is 1.84 bits per heavy atom. The highest BCUT2D eigenvalue weighted by Gasteiger charge is 2.42. The van der Waals surface area contributed by atoms with E-state index >= 15 is 0 Å². The standard InChI is InChI=1S/C21H20N2OS/c1-21(17-8-3-2-4-9-17)11-16(12-21)18-14-25-20(23-18)22-13-15-7-5-6-10-19(15)24/h2-10,13-14,16,24H,11-12H2,1H3/b22-13+. The number of hydrogen-bond acceptors (Lipinski definition) is 4. The first-order valence-electron chi connectivity index (χ1n) is 8.47. The second kappa shape index (κ2) is 6.45. The Morgan fingerprint density at radius 1 is 1.12 bits per heavy atom. The maximum Gasteiger partial charge on any atom is 0.209 e. The van der Waals surface area contributed by atoms with Crippen LogP contribution >= 0.6 is 11.3 Å². The molecule has 1 heterocycles. The Bertz CT molecular complexity index is 895. The van der Waals surface area contributed by atoms with E-state index in [1.807, 2.05) is 12.1 Å². The molecule has 0 bridgehead atoms. The number of hydrogen-bond donors (Lipinski definition) is 1. The monoisotopic (exact) mass is 348 g/mol. The van der Waals surface area contributed by atoms with Gasteiger partial charge in [0.25, 0.3) is 0 Å². The summed E-state index contributed by atoms with van der Waals surface area (Å²) in [5, 5.41) is 12.6. The highest BCUT2D eigenvalue weighted by Crippen LogP contribution is 2.52. The minimum atomic E-state index is 0.237. The SMILES string of the molecule is CC1(c2ccccc2)CC(c2csc(/N=C/c3ccccc3O)n2)C1. The summed E-state index contributed by atoms with van der Waals surface area (Å²) in [7, 11) is 0. The third-order valence-electron chi connectivity index (χ3n) is 5.04. The minimum Gasteiger partial charge on any atom is -0.507 e. The van der Waals surface area contributed by atoms with E-state index in [0.717, 1.165) is 23.7 Å². The van der Waals surface area contributed by atoms with Crippen LogP contribution in [0, 0.1) is 0 Å². The molecule has 1 N–H and O–H groups in total. The van der Waals surface area contributed by atoms with E-state index < -0.39 is 0 Å². The molecule has 1 fully saturated rings. The topological polar surface area (TPSA) is 45.5 Å². The second-order valence-electron chi connectivity index (χ2n) is 6.90. The Balaban J connectivity index is 1.44. The van der Waals surface area contributed by atoms with Crippen LogP contribution in [0.15, 0.2) is 65.0 Å². The van der Waals surface area contributed by atoms with Crippen LogP contribution in [-0.4, -0.2) is 16.3 Å². The van der Waals surface area contributed by atoms with E-state index in [4.69, 9.17) is 0 Å². The molecule has 2 aromatic carbocycles. The third kappa shape index (κ3) is 3.22. The zero-order chi connectivity index (χ0) is 17.3. The first-order chi connectivity index (χ1) is 12.1. The lowest BCUT2D eigenvalue weighted by Gasteiger charge is -2.45. The number of thiazole rings is 1. The predicted molar refractivity (Wildman–Crippen MR) is 103 cm³/mol. The molecule has 126 valence electrons. The van der Waals surface area contributed by atoms with E-state index in [1.165, 1.54) is 5.56 Å². The average Bonchev–Trinajstić information content (AvgIpc) is 3.08. The minimum absolute atomic E-state index is 0.237. The third-order valence-corrected chi connectivity index (χ3v) is 5.81. The summed E-state index contributed by atoms with van der Waals surface area (Å²) in [6.45, 7) is 2.34. The van der Waals surface area contributed by atoms with Crippen molar-refractivity contribution in [1.82, 2.24) is 4.98 Å². The van der Waals surface area contributed by atoms with Gasteiger partial charge in [0.15, 0.2) is 0 Å². The molecule has 4 rings (SSSR count). The van der Waals surface area contributed by atoms with Crippen molar-refractivity contribution in [3.8, 4) is 5.75 Å². The van der Waals surface area contributed by atoms with Crippen molar-refractivity contribution in [2.24, 2.45) is 4.99 Å². The average molecular weight is 348 g/mol. The fourth-order valence-corrected chi connectivity index (χ4v) is 4.30. The summed E-state index contributed by atoms with van der Waals surface area (Å²) in [5.41, 5.74) is 3.52. The summed E-state index contributed by atoms with van der Waals surface area (Å²) >= 11 is 1.56. The number of para-hydroxylation sites is 1. The number of aromatic nitrogens is 1. The van der Waals surface area contributed by atoms with Crippen molar-refractivity contribution >= 4 is 22.7 Å². The summed E-state index contributed by atoms with van der Waals surface area (Å²) in [5.74, 6) is 0.746. The number of nitrogens with zero attached hydrogens (tertiary/aromatic N) is 2. The summed E-state index contributed by atoms with van der Waals surface area (Å²) < 4.78 is 0. The van der Waals surface area contributed by atoms with Crippen LogP contribution in [0.4, 0.5) is 5.13 Å². The second-order valence-corrected chi connectivity index (χ2v) is 7.74. The van der Waals surface area contributed by atoms with Crippen molar-refractivity contribution in [3.05, 3.63) is 76.8 Å². The lowest BCUT2D eigenvalue weighted by atomic mass is 9.59. The van der Waals surface area contributed by atoms with Gasteiger partial charge in [-0.2, -0.15) is 0 Å². The Hall–Kier alpha value is -2.46. The molecule has 0 radical (unpaired) electrons. The summed E-state index contributed by atoms with van der Waals surface area (Å²) in [6.07, 6.45) is 3.93. The van der Waals surface area contributed by atoms with Crippen molar-refractivity contribution in [3.63, 3.8) is 0 Å². The van der Waals surface area contributed by atoms with Crippen LogP contribution in [0.2, 0.25) is 0 Å². The molecule has 1 saturated carbocycles. The van der Waals surface area contributed by atoms with Gasteiger partial charge in [0.05, 0.1) is 5.69 Å². The molecule has 0 atom stereocenters. The van der Waals surface area contributed by atoms with Gasteiger partial charge in [-0.1, -0.05) is 49.4 Å². The molecule has 4 heteroatoms. The number of phenolic OH excluding ortho intramolecular Hbond substituents is 1. The normalized spacial score (nSPS) is 22.8. The van der Waals surface area contributed by atoms with Crippen molar-refractivity contribution in [2.45, 2.75) is 31.1 Å². The quantitative estimate of drug-likeness (QED) is 0.639. The van der Waals surface area contributed by atoms with Gasteiger partial charge in [-0.25, -0.2) is 9.98 Å². The molecule has 3 aromatic rings. The number of aliphatic imine (C=N–C) groups is 1. The fourth-order valence-electron chi connectivity index (χ4n) is 3.56. The zero-order valence-electron chi connectivity index (χ0n) is 14.1.